The van der Waals surface area contributed by atoms with Gasteiger partial charge in [-0.3, -0.25) is 4.79 Å². The van der Waals surface area contributed by atoms with E-state index in [0.29, 0.717) is 12.3 Å². The lowest BCUT2D eigenvalue weighted by Gasteiger charge is -2.22. The summed E-state index contributed by atoms with van der Waals surface area (Å²) in [6.45, 7) is 0. The zero-order valence-electron chi connectivity index (χ0n) is 10.9. The van der Waals surface area contributed by atoms with Gasteiger partial charge in [-0.25, -0.2) is 0 Å². The number of fused-ring (bicyclic) bond motifs is 1. The number of aliphatic carboxylic acids is 1. The Morgan fingerprint density at radius 3 is 2.63 bits per heavy atom. The Labute approximate surface area is 118 Å². The van der Waals surface area contributed by atoms with Gasteiger partial charge in [-0.1, -0.05) is 37.5 Å². The fourth-order valence-electron chi connectivity index (χ4n) is 3.61. The summed E-state index contributed by atoms with van der Waals surface area (Å²) in [6, 6.07) is 6.34. The van der Waals surface area contributed by atoms with Crippen molar-refractivity contribution in [2.75, 3.05) is 0 Å². The van der Waals surface area contributed by atoms with Gasteiger partial charge in [0.1, 0.15) is 0 Å². The van der Waals surface area contributed by atoms with Crippen LogP contribution in [0.3, 0.4) is 0 Å². The van der Waals surface area contributed by atoms with Crippen molar-refractivity contribution < 1.29 is 9.90 Å². The maximum atomic E-state index is 11.3. The topological polar surface area (TPSA) is 37.3 Å². The van der Waals surface area contributed by atoms with E-state index in [1.807, 2.05) is 6.07 Å². The van der Waals surface area contributed by atoms with Gasteiger partial charge in [-0.2, -0.15) is 0 Å². The first kappa shape index (κ1) is 13.0. The highest BCUT2D eigenvalue weighted by atomic mass is 35.5. The quantitative estimate of drug-likeness (QED) is 0.828. The molecule has 2 atom stereocenters. The Morgan fingerprint density at radius 2 is 1.95 bits per heavy atom. The minimum Gasteiger partial charge on any atom is -0.481 e. The number of carbonyl (C=O) groups is 1. The van der Waals surface area contributed by atoms with Gasteiger partial charge in [0.15, 0.2) is 0 Å². The predicted octanol–water partition coefficient (Wildman–Crippen LogP) is 4.07. The van der Waals surface area contributed by atoms with Crippen LogP contribution in [-0.2, 0) is 11.2 Å². The average molecular weight is 279 g/mol. The second kappa shape index (κ2) is 5.16. The molecule has 2 aliphatic carbocycles. The molecular formula is C16H19ClO2. The summed E-state index contributed by atoms with van der Waals surface area (Å²) in [7, 11) is 0. The summed E-state index contributed by atoms with van der Waals surface area (Å²) in [4.78, 5) is 11.3. The van der Waals surface area contributed by atoms with Crippen LogP contribution in [0.5, 0.6) is 0 Å². The van der Waals surface area contributed by atoms with E-state index in [0.717, 1.165) is 11.1 Å². The molecular weight excluding hydrogens is 260 g/mol. The molecule has 1 N–H and O–H groups in total. The van der Waals surface area contributed by atoms with Crippen molar-refractivity contribution in [1.82, 2.24) is 0 Å². The highest BCUT2D eigenvalue weighted by Gasteiger charge is 2.36. The zero-order valence-corrected chi connectivity index (χ0v) is 11.7. The molecule has 0 radical (unpaired) electrons. The first-order chi connectivity index (χ1) is 9.16. The molecule has 0 saturated heterocycles. The molecule has 1 aromatic carbocycles. The summed E-state index contributed by atoms with van der Waals surface area (Å²) < 4.78 is 0. The lowest BCUT2D eigenvalue weighted by atomic mass is 9.83. The van der Waals surface area contributed by atoms with Crippen molar-refractivity contribution in [3.05, 3.63) is 34.9 Å². The summed E-state index contributed by atoms with van der Waals surface area (Å²) in [5.74, 6) is -0.669. The molecule has 1 fully saturated rings. The van der Waals surface area contributed by atoms with Crippen LogP contribution in [0.15, 0.2) is 18.2 Å². The summed E-state index contributed by atoms with van der Waals surface area (Å²) in [6.07, 6.45) is 7.22. The number of benzene rings is 1. The van der Waals surface area contributed by atoms with Crippen molar-refractivity contribution in [2.45, 2.75) is 55.7 Å². The minimum absolute atomic E-state index is 0.297. The van der Waals surface area contributed by atoms with Crippen LogP contribution >= 0.6 is 11.6 Å². The van der Waals surface area contributed by atoms with Crippen molar-refractivity contribution in [3.8, 4) is 0 Å². The second-order valence-corrected chi connectivity index (χ2v) is 6.39. The van der Waals surface area contributed by atoms with Gasteiger partial charge < -0.3 is 5.11 Å². The highest BCUT2D eigenvalue weighted by Crippen LogP contribution is 2.40. The Morgan fingerprint density at radius 1 is 1.21 bits per heavy atom. The van der Waals surface area contributed by atoms with Gasteiger partial charge in [0.2, 0.25) is 0 Å². The molecule has 2 aliphatic rings. The van der Waals surface area contributed by atoms with E-state index in [9.17, 15) is 9.90 Å². The van der Waals surface area contributed by atoms with Crippen LogP contribution in [0, 0.1) is 0 Å². The van der Waals surface area contributed by atoms with Crippen LogP contribution in [0.2, 0.25) is 0 Å². The van der Waals surface area contributed by atoms with Crippen molar-refractivity contribution >= 4 is 17.6 Å². The maximum Gasteiger partial charge on any atom is 0.312 e. The van der Waals surface area contributed by atoms with Crippen LogP contribution in [0.4, 0.5) is 0 Å². The Bertz CT molecular complexity index is 492. The number of carboxylic acid groups (broad SMARTS) is 1. The lowest BCUT2D eigenvalue weighted by Crippen LogP contribution is -2.17. The number of hydrogen-bond donors (Lipinski definition) is 1. The minimum atomic E-state index is -0.802. The van der Waals surface area contributed by atoms with Crippen LogP contribution in [-0.4, -0.2) is 16.5 Å². The fourth-order valence-corrected chi connectivity index (χ4v) is 4.02. The normalized spacial score (nSPS) is 27.2. The molecule has 3 heteroatoms. The number of halogens is 1. The van der Waals surface area contributed by atoms with E-state index in [1.165, 1.54) is 37.7 Å². The summed E-state index contributed by atoms with van der Waals surface area (Å²) in [5, 5.41) is 8.97. The predicted molar refractivity (Wildman–Crippen MR) is 76.0 cm³/mol. The smallest absolute Gasteiger partial charge is 0.312 e. The van der Waals surface area contributed by atoms with Crippen LogP contribution < -0.4 is 0 Å². The number of carboxylic acids is 1. The molecule has 0 bridgehead atoms. The third-order valence-corrected chi connectivity index (χ3v) is 5.03. The van der Waals surface area contributed by atoms with E-state index in [-0.39, 0.29) is 5.38 Å². The molecule has 1 aromatic rings. The van der Waals surface area contributed by atoms with Crippen molar-refractivity contribution in [3.63, 3.8) is 0 Å². The van der Waals surface area contributed by atoms with Gasteiger partial charge in [-0.05, 0) is 41.9 Å². The zero-order chi connectivity index (χ0) is 13.4. The first-order valence-corrected chi connectivity index (χ1v) is 7.60. The third kappa shape index (κ3) is 2.38. The largest absolute Gasteiger partial charge is 0.481 e. The summed E-state index contributed by atoms with van der Waals surface area (Å²) in [5.41, 5.74) is 3.45. The molecule has 3 rings (SSSR count). The molecule has 0 heterocycles. The fraction of sp³-hybridized carbons (Fsp3) is 0.562. The van der Waals surface area contributed by atoms with Crippen molar-refractivity contribution in [2.24, 2.45) is 0 Å². The van der Waals surface area contributed by atoms with E-state index in [4.69, 9.17) is 11.6 Å². The molecule has 0 spiro atoms. The standard InChI is InChI=1S/C16H19ClO2/c17-14-9-12-8-11(10-4-2-1-3-5-10)6-7-13(12)15(14)16(18)19/h6-8,10,14-15H,1-5,9H2,(H,18,19). The molecule has 0 aromatic heterocycles. The summed E-state index contributed by atoms with van der Waals surface area (Å²) >= 11 is 6.20. The highest BCUT2D eigenvalue weighted by molar-refractivity contribution is 6.23. The van der Waals surface area contributed by atoms with Gasteiger partial charge in [0.25, 0.3) is 0 Å². The number of alkyl halides is 1. The molecule has 2 unspecified atom stereocenters. The SMILES string of the molecule is O=C(O)C1c2ccc(C3CCCCC3)cc2CC1Cl. The molecule has 1 saturated carbocycles. The average Bonchev–Trinajstić information content (AvgIpc) is 2.74. The van der Waals surface area contributed by atoms with Gasteiger partial charge in [0.05, 0.1) is 11.3 Å². The van der Waals surface area contributed by atoms with Gasteiger partial charge in [0, 0.05) is 0 Å². The Kier molecular flexibility index (Phi) is 3.53. The van der Waals surface area contributed by atoms with E-state index in [1.54, 1.807) is 0 Å². The van der Waals surface area contributed by atoms with E-state index >= 15 is 0 Å². The first-order valence-electron chi connectivity index (χ1n) is 7.16. The number of hydrogen-bond acceptors (Lipinski definition) is 1. The Balaban J connectivity index is 1.89. The molecule has 0 amide bonds. The van der Waals surface area contributed by atoms with Crippen LogP contribution in [0.25, 0.3) is 0 Å². The van der Waals surface area contributed by atoms with Crippen molar-refractivity contribution in [1.29, 1.82) is 0 Å². The maximum absolute atomic E-state index is 11.3. The van der Waals surface area contributed by atoms with Gasteiger partial charge in [-0.15, -0.1) is 11.6 Å². The van der Waals surface area contributed by atoms with E-state index in [2.05, 4.69) is 12.1 Å². The Hall–Kier alpha value is -1.02. The molecule has 19 heavy (non-hydrogen) atoms. The third-order valence-electron chi connectivity index (χ3n) is 4.62. The molecule has 102 valence electrons. The molecule has 0 aliphatic heterocycles. The lowest BCUT2D eigenvalue weighted by molar-refractivity contribution is -0.138. The second-order valence-electron chi connectivity index (χ2n) is 5.83. The van der Waals surface area contributed by atoms with Gasteiger partial charge >= 0.3 is 5.97 Å². The molecule has 2 nitrogen and oxygen atoms in total. The van der Waals surface area contributed by atoms with E-state index < -0.39 is 11.9 Å². The number of rotatable bonds is 2. The monoisotopic (exact) mass is 278 g/mol. The van der Waals surface area contributed by atoms with Crippen LogP contribution in [0.1, 0.15) is 60.6 Å².